The van der Waals surface area contributed by atoms with E-state index in [0.717, 1.165) is 38.5 Å². The second-order valence-electron chi connectivity index (χ2n) is 12.5. The predicted molar refractivity (Wildman–Crippen MR) is 133 cm³/mol. The minimum absolute atomic E-state index is 0.00541. The minimum atomic E-state index is -0.777. The van der Waals surface area contributed by atoms with Crippen LogP contribution in [0.15, 0.2) is 0 Å². The molecule has 2 saturated carbocycles. The average molecular weight is 469 g/mol. The van der Waals surface area contributed by atoms with E-state index in [-0.39, 0.29) is 52.9 Å². The normalized spacial score (nSPS) is 36.1. The molecule has 2 rings (SSSR count). The first-order valence-corrected chi connectivity index (χ1v) is 13.6. The molecule has 5 heteroatoms. The molecule has 0 bridgehead atoms. The summed E-state index contributed by atoms with van der Waals surface area (Å²) in [5.41, 5.74) is -0.0967. The van der Waals surface area contributed by atoms with E-state index >= 15 is 0 Å². The quantitative estimate of drug-likeness (QED) is 0.303. The van der Waals surface area contributed by atoms with Crippen molar-refractivity contribution in [3.63, 3.8) is 0 Å². The van der Waals surface area contributed by atoms with Crippen LogP contribution in [-0.4, -0.2) is 44.7 Å². The van der Waals surface area contributed by atoms with Gasteiger partial charge in [-0.15, -0.1) is 0 Å². The Morgan fingerprint density at radius 2 is 1.76 bits per heavy atom. The fourth-order valence-corrected chi connectivity index (χ4v) is 7.75. The van der Waals surface area contributed by atoms with Crippen LogP contribution in [0.4, 0.5) is 0 Å². The lowest BCUT2D eigenvalue weighted by Gasteiger charge is -2.55. The second kappa shape index (κ2) is 11.4. The summed E-state index contributed by atoms with van der Waals surface area (Å²) in [4.78, 5) is 11.2. The van der Waals surface area contributed by atoms with Crippen molar-refractivity contribution in [2.24, 2.45) is 46.3 Å². The topological polar surface area (TPSA) is 98.0 Å². The van der Waals surface area contributed by atoms with Crippen LogP contribution in [-0.2, 0) is 4.79 Å². The Hall–Kier alpha value is -0.650. The van der Waals surface area contributed by atoms with Gasteiger partial charge in [-0.3, -0.25) is 4.79 Å². The molecule has 5 nitrogen and oxygen atoms in total. The number of carbonyl (C=O) groups is 1. The molecule has 2 fully saturated rings. The molecule has 0 saturated heterocycles. The third kappa shape index (κ3) is 6.13. The Bertz CT molecular complexity index is 634. The standard InChI is InChI=1S/C28H52O5/c1-8-17(3)26(33)24-20(27(5,6)14-12-19(29)9-2)13-15-28(7)21(24)16-22(30)25(28)18(4)10-11-23(31)32/h17-22,24-26,29-30,33H,8-16H2,1-7H3,(H,31,32)/t17-,18+,19-,20?,21?,22-,24?,25-,26+,28-/m0/s1. The number of fused-ring (bicyclic) bond motifs is 1. The molecule has 0 aromatic rings. The Morgan fingerprint density at radius 3 is 2.30 bits per heavy atom. The van der Waals surface area contributed by atoms with Crippen molar-refractivity contribution in [1.82, 2.24) is 0 Å². The Kier molecular flexibility index (Phi) is 9.87. The van der Waals surface area contributed by atoms with Gasteiger partial charge in [0.15, 0.2) is 0 Å². The van der Waals surface area contributed by atoms with Crippen LogP contribution < -0.4 is 0 Å². The highest BCUT2D eigenvalue weighted by atomic mass is 16.4. The van der Waals surface area contributed by atoms with Crippen molar-refractivity contribution in [3.05, 3.63) is 0 Å². The number of rotatable bonds is 12. The third-order valence-corrected chi connectivity index (χ3v) is 10.1. The van der Waals surface area contributed by atoms with E-state index < -0.39 is 18.2 Å². The second-order valence-corrected chi connectivity index (χ2v) is 12.5. The molecule has 0 aromatic heterocycles. The number of hydrogen-bond acceptors (Lipinski definition) is 4. The lowest BCUT2D eigenvalue weighted by atomic mass is 9.50. The van der Waals surface area contributed by atoms with E-state index in [1.165, 1.54) is 0 Å². The van der Waals surface area contributed by atoms with E-state index in [1.54, 1.807) is 0 Å². The van der Waals surface area contributed by atoms with E-state index in [1.807, 2.05) is 6.92 Å². The molecule has 0 aliphatic heterocycles. The van der Waals surface area contributed by atoms with Gasteiger partial charge in [0.05, 0.1) is 18.3 Å². The molecule has 3 unspecified atom stereocenters. The van der Waals surface area contributed by atoms with Crippen molar-refractivity contribution in [1.29, 1.82) is 0 Å². The first-order chi connectivity index (χ1) is 15.3. The summed E-state index contributed by atoms with van der Waals surface area (Å²) >= 11 is 0. The van der Waals surface area contributed by atoms with Crippen molar-refractivity contribution >= 4 is 5.97 Å². The average Bonchev–Trinajstić information content (AvgIpc) is 3.03. The summed E-state index contributed by atoms with van der Waals surface area (Å²) in [6.07, 6.45) is 5.70. The molecular formula is C28H52O5. The highest BCUT2D eigenvalue weighted by Crippen LogP contribution is 2.64. The van der Waals surface area contributed by atoms with Gasteiger partial charge in [0, 0.05) is 6.42 Å². The van der Waals surface area contributed by atoms with Crippen molar-refractivity contribution in [2.45, 2.75) is 125 Å². The van der Waals surface area contributed by atoms with Crippen LogP contribution in [0.2, 0.25) is 0 Å². The van der Waals surface area contributed by atoms with Crippen LogP contribution in [0.5, 0.6) is 0 Å². The van der Waals surface area contributed by atoms with Crippen molar-refractivity contribution in [2.75, 3.05) is 0 Å². The van der Waals surface area contributed by atoms with Crippen LogP contribution >= 0.6 is 0 Å². The highest BCUT2D eigenvalue weighted by Gasteiger charge is 2.61. The Labute approximate surface area is 202 Å². The van der Waals surface area contributed by atoms with Crippen LogP contribution in [0.1, 0.15) is 106 Å². The van der Waals surface area contributed by atoms with E-state index in [0.29, 0.717) is 18.8 Å². The first-order valence-electron chi connectivity index (χ1n) is 13.6. The van der Waals surface area contributed by atoms with E-state index in [4.69, 9.17) is 0 Å². The summed E-state index contributed by atoms with van der Waals surface area (Å²) in [5, 5.41) is 42.3. The molecule has 0 aromatic carbocycles. The molecule has 4 N–H and O–H groups in total. The summed E-state index contributed by atoms with van der Waals surface area (Å²) in [6, 6.07) is 0. The maximum absolute atomic E-state index is 11.6. The zero-order valence-corrected chi connectivity index (χ0v) is 22.3. The van der Waals surface area contributed by atoms with Crippen molar-refractivity contribution in [3.8, 4) is 0 Å². The molecule has 33 heavy (non-hydrogen) atoms. The zero-order chi connectivity index (χ0) is 25.1. The number of carboxylic acids is 1. The van der Waals surface area contributed by atoms with Gasteiger partial charge in [-0.05, 0) is 91.3 Å². The molecule has 194 valence electrons. The highest BCUT2D eigenvalue weighted by molar-refractivity contribution is 5.66. The van der Waals surface area contributed by atoms with Gasteiger partial charge in [0.2, 0.25) is 0 Å². The molecule has 2 aliphatic carbocycles. The van der Waals surface area contributed by atoms with Gasteiger partial charge in [0.25, 0.3) is 0 Å². The summed E-state index contributed by atoms with van der Waals surface area (Å²) < 4.78 is 0. The maximum atomic E-state index is 11.6. The number of aliphatic carboxylic acids is 1. The smallest absolute Gasteiger partial charge is 0.303 e. The van der Waals surface area contributed by atoms with Crippen LogP contribution in [0.3, 0.4) is 0 Å². The number of aliphatic hydroxyl groups is 3. The predicted octanol–water partition coefficient (Wildman–Crippen LogP) is 5.50. The lowest BCUT2D eigenvalue weighted by molar-refractivity contribution is -0.138. The van der Waals surface area contributed by atoms with Crippen molar-refractivity contribution < 1.29 is 25.2 Å². The molecule has 0 heterocycles. The Morgan fingerprint density at radius 1 is 1.12 bits per heavy atom. The largest absolute Gasteiger partial charge is 0.481 e. The number of aliphatic hydroxyl groups excluding tert-OH is 3. The SMILES string of the molecule is CC[C@H](O)CCC(C)(C)C1CC[C@@]2(C)C(C[C@H](O)[C@@H]2[C@H](C)CCC(=O)O)C1[C@H](O)[C@@H](C)CC. The summed E-state index contributed by atoms with van der Waals surface area (Å²) in [5.74, 6) is 0.292. The molecule has 0 radical (unpaired) electrons. The summed E-state index contributed by atoms with van der Waals surface area (Å²) in [7, 11) is 0. The molecular weight excluding hydrogens is 416 g/mol. The minimum Gasteiger partial charge on any atom is -0.481 e. The number of hydrogen-bond donors (Lipinski definition) is 4. The fourth-order valence-electron chi connectivity index (χ4n) is 7.75. The van der Waals surface area contributed by atoms with Gasteiger partial charge in [-0.1, -0.05) is 54.9 Å². The first kappa shape index (κ1) is 28.6. The van der Waals surface area contributed by atoms with Gasteiger partial charge in [-0.25, -0.2) is 0 Å². The van der Waals surface area contributed by atoms with Gasteiger partial charge >= 0.3 is 5.97 Å². The van der Waals surface area contributed by atoms with Crippen LogP contribution in [0.25, 0.3) is 0 Å². The van der Waals surface area contributed by atoms with Crippen LogP contribution in [0, 0.1) is 46.3 Å². The van der Waals surface area contributed by atoms with E-state index in [2.05, 4.69) is 41.5 Å². The molecule has 0 spiro atoms. The maximum Gasteiger partial charge on any atom is 0.303 e. The lowest BCUT2D eigenvalue weighted by Crippen LogP contribution is -2.52. The van der Waals surface area contributed by atoms with E-state index in [9.17, 15) is 25.2 Å². The van der Waals surface area contributed by atoms with Gasteiger partial charge in [-0.2, -0.15) is 0 Å². The monoisotopic (exact) mass is 468 g/mol. The molecule has 0 amide bonds. The summed E-state index contributed by atoms with van der Waals surface area (Å²) in [6.45, 7) is 15.3. The third-order valence-electron chi connectivity index (χ3n) is 10.1. The van der Waals surface area contributed by atoms with Gasteiger partial charge in [0.1, 0.15) is 0 Å². The number of carboxylic acid groups (broad SMARTS) is 1. The zero-order valence-electron chi connectivity index (χ0n) is 22.3. The Balaban J connectivity index is 2.37. The van der Waals surface area contributed by atoms with Gasteiger partial charge < -0.3 is 20.4 Å². The molecule has 2 aliphatic rings. The fraction of sp³-hybridized carbons (Fsp3) is 0.964. The molecule has 10 atom stereocenters.